The van der Waals surface area contributed by atoms with E-state index in [4.69, 9.17) is 4.74 Å². The molecule has 0 amide bonds. The third-order valence-electron chi connectivity index (χ3n) is 2.03. The lowest BCUT2D eigenvalue weighted by Crippen LogP contribution is -2.09. The molecule has 0 aliphatic carbocycles. The van der Waals surface area contributed by atoms with Gasteiger partial charge in [-0.05, 0) is 24.3 Å². The first-order valence-corrected chi connectivity index (χ1v) is 4.96. The summed E-state index contributed by atoms with van der Waals surface area (Å²) in [6.45, 7) is 0. The molecule has 86 valence electrons. The van der Waals surface area contributed by atoms with Gasteiger partial charge < -0.3 is 15.0 Å². The van der Waals surface area contributed by atoms with Crippen LogP contribution in [0.1, 0.15) is 10.4 Å². The van der Waals surface area contributed by atoms with Gasteiger partial charge >= 0.3 is 5.97 Å². The molecule has 0 aromatic heterocycles. The summed E-state index contributed by atoms with van der Waals surface area (Å²) in [6.07, 6.45) is 2.87. The van der Waals surface area contributed by atoms with Crippen LogP contribution >= 0.6 is 0 Å². The monoisotopic (exact) mass is 220 g/mol. The Kier molecular flexibility index (Phi) is 4.39. The third-order valence-corrected chi connectivity index (χ3v) is 2.03. The fraction of sp³-hybridized carbons (Fsp3) is 0.250. The number of anilines is 1. The summed E-state index contributed by atoms with van der Waals surface area (Å²) in [5.74, 6) is -0.364. The van der Waals surface area contributed by atoms with Crippen molar-refractivity contribution in [2.75, 3.05) is 26.0 Å². The Bertz CT molecular complexity index is 369. The van der Waals surface area contributed by atoms with Gasteiger partial charge in [0.15, 0.2) is 0 Å². The first kappa shape index (κ1) is 12.1. The van der Waals surface area contributed by atoms with Crippen molar-refractivity contribution in [1.29, 1.82) is 0 Å². The van der Waals surface area contributed by atoms with Crippen LogP contribution in [0.15, 0.2) is 36.7 Å². The van der Waals surface area contributed by atoms with E-state index in [0.29, 0.717) is 5.56 Å². The van der Waals surface area contributed by atoms with Crippen LogP contribution in [0.5, 0.6) is 0 Å². The van der Waals surface area contributed by atoms with Gasteiger partial charge in [0.25, 0.3) is 0 Å². The largest absolute Gasteiger partial charge is 0.429 e. The molecule has 1 aromatic rings. The first-order valence-electron chi connectivity index (χ1n) is 4.96. The zero-order valence-electron chi connectivity index (χ0n) is 9.73. The van der Waals surface area contributed by atoms with Crippen LogP contribution in [-0.2, 0) is 4.74 Å². The molecule has 0 saturated heterocycles. The second-order valence-corrected chi connectivity index (χ2v) is 3.44. The SMILES string of the molecule is CNC=COC(=O)c1ccc(N(C)C)cc1. The maximum Gasteiger partial charge on any atom is 0.342 e. The van der Waals surface area contributed by atoms with Gasteiger partial charge in [0.2, 0.25) is 0 Å². The van der Waals surface area contributed by atoms with E-state index in [1.807, 2.05) is 31.1 Å². The van der Waals surface area contributed by atoms with Gasteiger partial charge in [-0.3, -0.25) is 0 Å². The number of nitrogens with one attached hydrogen (secondary N) is 1. The van der Waals surface area contributed by atoms with E-state index in [1.165, 1.54) is 6.26 Å². The van der Waals surface area contributed by atoms with E-state index in [-0.39, 0.29) is 5.97 Å². The number of benzene rings is 1. The summed E-state index contributed by atoms with van der Waals surface area (Å²) in [5.41, 5.74) is 1.58. The van der Waals surface area contributed by atoms with Crippen LogP contribution in [0, 0.1) is 0 Å². The minimum atomic E-state index is -0.364. The standard InChI is InChI=1S/C12H16N2O2/c1-13-8-9-16-12(15)10-4-6-11(7-5-10)14(2)3/h4-9,13H,1-3H3. The minimum absolute atomic E-state index is 0.364. The lowest BCUT2D eigenvalue weighted by Gasteiger charge is -2.11. The molecule has 0 bridgehead atoms. The second kappa shape index (κ2) is 5.80. The summed E-state index contributed by atoms with van der Waals surface area (Å²) in [6, 6.07) is 7.23. The van der Waals surface area contributed by atoms with Crippen molar-refractivity contribution in [3.8, 4) is 0 Å². The Morgan fingerprint density at radius 2 is 1.94 bits per heavy atom. The third kappa shape index (κ3) is 3.31. The van der Waals surface area contributed by atoms with Gasteiger partial charge in [-0.1, -0.05) is 0 Å². The molecule has 1 N–H and O–H groups in total. The highest BCUT2D eigenvalue weighted by molar-refractivity contribution is 5.90. The van der Waals surface area contributed by atoms with Gasteiger partial charge in [0, 0.05) is 33.0 Å². The van der Waals surface area contributed by atoms with Crippen LogP contribution in [0.3, 0.4) is 0 Å². The average Bonchev–Trinajstić information content (AvgIpc) is 2.29. The van der Waals surface area contributed by atoms with E-state index in [0.717, 1.165) is 5.69 Å². The van der Waals surface area contributed by atoms with E-state index in [1.54, 1.807) is 25.4 Å². The number of esters is 1. The number of rotatable bonds is 4. The Labute approximate surface area is 95.5 Å². The number of carbonyl (C=O) groups excluding carboxylic acids is 1. The van der Waals surface area contributed by atoms with Crippen molar-refractivity contribution in [2.24, 2.45) is 0 Å². The molecule has 0 saturated carbocycles. The topological polar surface area (TPSA) is 41.6 Å². The molecular formula is C12H16N2O2. The maximum absolute atomic E-state index is 11.5. The zero-order valence-corrected chi connectivity index (χ0v) is 9.73. The van der Waals surface area contributed by atoms with Crippen LogP contribution in [0.2, 0.25) is 0 Å². The molecular weight excluding hydrogens is 204 g/mol. The molecule has 16 heavy (non-hydrogen) atoms. The molecule has 4 heteroatoms. The zero-order chi connectivity index (χ0) is 12.0. The van der Waals surface area contributed by atoms with E-state index in [2.05, 4.69) is 5.32 Å². The number of nitrogens with zero attached hydrogens (tertiary/aromatic N) is 1. The average molecular weight is 220 g/mol. The van der Waals surface area contributed by atoms with Crippen molar-refractivity contribution < 1.29 is 9.53 Å². The molecule has 0 spiro atoms. The van der Waals surface area contributed by atoms with Crippen molar-refractivity contribution in [3.05, 3.63) is 42.3 Å². The Morgan fingerprint density at radius 3 is 2.44 bits per heavy atom. The molecule has 1 aromatic carbocycles. The summed E-state index contributed by atoms with van der Waals surface area (Å²) < 4.78 is 4.87. The summed E-state index contributed by atoms with van der Waals surface area (Å²) >= 11 is 0. The lowest BCUT2D eigenvalue weighted by atomic mass is 10.2. The fourth-order valence-corrected chi connectivity index (χ4v) is 1.13. The summed E-state index contributed by atoms with van der Waals surface area (Å²) in [4.78, 5) is 13.5. The predicted molar refractivity (Wildman–Crippen MR) is 64.4 cm³/mol. The highest BCUT2D eigenvalue weighted by Crippen LogP contribution is 2.12. The molecule has 0 radical (unpaired) electrons. The van der Waals surface area contributed by atoms with Gasteiger partial charge in [-0.25, -0.2) is 4.79 Å². The normalized spacial score (nSPS) is 10.2. The van der Waals surface area contributed by atoms with Crippen LogP contribution in [0.25, 0.3) is 0 Å². The lowest BCUT2D eigenvalue weighted by molar-refractivity contribution is 0.0662. The van der Waals surface area contributed by atoms with Gasteiger partial charge in [0.1, 0.15) is 6.26 Å². The molecule has 0 heterocycles. The highest BCUT2D eigenvalue weighted by atomic mass is 16.5. The smallest absolute Gasteiger partial charge is 0.342 e. The van der Waals surface area contributed by atoms with Gasteiger partial charge in [-0.15, -0.1) is 0 Å². The number of carbonyl (C=O) groups is 1. The molecule has 1 rings (SSSR count). The first-order chi connectivity index (χ1) is 7.65. The minimum Gasteiger partial charge on any atom is -0.429 e. The van der Waals surface area contributed by atoms with Crippen LogP contribution < -0.4 is 10.2 Å². The Morgan fingerprint density at radius 1 is 1.31 bits per heavy atom. The Hall–Kier alpha value is -1.97. The fourth-order valence-electron chi connectivity index (χ4n) is 1.13. The number of ether oxygens (including phenoxy) is 1. The molecule has 4 nitrogen and oxygen atoms in total. The molecule has 0 atom stereocenters. The van der Waals surface area contributed by atoms with Crippen LogP contribution in [0.4, 0.5) is 5.69 Å². The summed E-state index contributed by atoms with van der Waals surface area (Å²) in [5, 5.41) is 2.73. The van der Waals surface area contributed by atoms with E-state index >= 15 is 0 Å². The van der Waals surface area contributed by atoms with Gasteiger partial charge in [-0.2, -0.15) is 0 Å². The molecule has 0 aliphatic heterocycles. The van der Waals surface area contributed by atoms with E-state index < -0.39 is 0 Å². The second-order valence-electron chi connectivity index (χ2n) is 3.44. The number of hydrogen-bond acceptors (Lipinski definition) is 4. The van der Waals surface area contributed by atoms with E-state index in [9.17, 15) is 4.79 Å². The number of hydrogen-bond donors (Lipinski definition) is 1. The van der Waals surface area contributed by atoms with Crippen molar-refractivity contribution in [3.63, 3.8) is 0 Å². The van der Waals surface area contributed by atoms with Crippen molar-refractivity contribution in [1.82, 2.24) is 5.32 Å². The predicted octanol–water partition coefficient (Wildman–Crippen LogP) is 1.60. The quantitative estimate of drug-likeness (QED) is 0.618. The molecule has 0 unspecified atom stereocenters. The maximum atomic E-state index is 11.5. The van der Waals surface area contributed by atoms with Crippen LogP contribution in [-0.4, -0.2) is 27.1 Å². The van der Waals surface area contributed by atoms with Crippen molar-refractivity contribution >= 4 is 11.7 Å². The summed E-state index contributed by atoms with van der Waals surface area (Å²) in [7, 11) is 5.63. The Balaban J connectivity index is 2.66. The molecule has 0 aliphatic rings. The van der Waals surface area contributed by atoms with Gasteiger partial charge in [0.05, 0.1) is 5.56 Å². The van der Waals surface area contributed by atoms with Crippen molar-refractivity contribution in [2.45, 2.75) is 0 Å². The highest BCUT2D eigenvalue weighted by Gasteiger charge is 2.05. The molecule has 0 fully saturated rings.